The van der Waals surface area contributed by atoms with Crippen molar-refractivity contribution >= 4 is 16.7 Å². The normalized spacial score (nSPS) is 15.1. The van der Waals surface area contributed by atoms with Gasteiger partial charge in [0.2, 0.25) is 0 Å². The summed E-state index contributed by atoms with van der Waals surface area (Å²) in [6.07, 6.45) is 6.39. The van der Waals surface area contributed by atoms with Crippen molar-refractivity contribution in [3.63, 3.8) is 0 Å². The minimum Gasteiger partial charge on any atom is -0.492 e. The van der Waals surface area contributed by atoms with Gasteiger partial charge >= 0.3 is 0 Å². The van der Waals surface area contributed by atoms with Gasteiger partial charge in [0.15, 0.2) is 0 Å². The summed E-state index contributed by atoms with van der Waals surface area (Å²) in [5.74, 6) is 2.42. The van der Waals surface area contributed by atoms with Gasteiger partial charge in [-0.25, -0.2) is 4.98 Å². The van der Waals surface area contributed by atoms with Crippen LogP contribution in [-0.2, 0) is 11.4 Å². The fourth-order valence-corrected chi connectivity index (χ4v) is 3.86. The number of hydrogen-bond acceptors (Lipinski definition) is 4. The molecule has 1 aromatic heterocycles. The lowest BCUT2D eigenvalue weighted by Gasteiger charge is -2.18. The van der Waals surface area contributed by atoms with Crippen LogP contribution in [-0.4, -0.2) is 16.6 Å². The van der Waals surface area contributed by atoms with E-state index in [2.05, 4.69) is 41.7 Å². The third-order valence-corrected chi connectivity index (χ3v) is 5.43. The summed E-state index contributed by atoms with van der Waals surface area (Å²) in [5, 5.41) is 0. The Morgan fingerprint density at radius 2 is 1.89 bits per heavy atom. The van der Waals surface area contributed by atoms with Gasteiger partial charge in [-0.1, -0.05) is 49.1 Å². The van der Waals surface area contributed by atoms with Crippen molar-refractivity contribution < 1.29 is 9.57 Å². The maximum atomic E-state index is 5.82. The van der Waals surface area contributed by atoms with Crippen molar-refractivity contribution in [2.45, 2.75) is 58.5 Å². The van der Waals surface area contributed by atoms with Gasteiger partial charge in [0.1, 0.15) is 17.3 Å². The number of H-pyrrole nitrogens is 1. The summed E-state index contributed by atoms with van der Waals surface area (Å²) in [5.41, 5.74) is 8.23. The molecule has 0 saturated heterocycles. The zero-order valence-corrected chi connectivity index (χ0v) is 16.8. The lowest BCUT2D eigenvalue weighted by atomic mass is 9.89. The number of imidazole rings is 1. The molecule has 2 aromatic carbocycles. The Morgan fingerprint density at radius 1 is 1.11 bits per heavy atom. The van der Waals surface area contributed by atoms with Crippen LogP contribution in [0.5, 0.6) is 5.75 Å². The van der Waals surface area contributed by atoms with Crippen molar-refractivity contribution in [3.05, 3.63) is 53.3 Å². The molecule has 28 heavy (non-hydrogen) atoms. The third kappa shape index (κ3) is 4.30. The SMILES string of the molecule is CCOc1cc2nc(C3CCCCC3)[nH]c2cc1NOCc1ccc(C)cc1. The number of fused-ring (bicyclic) bond motifs is 1. The Morgan fingerprint density at radius 3 is 2.64 bits per heavy atom. The molecule has 1 saturated carbocycles. The fraction of sp³-hybridized carbons (Fsp3) is 0.435. The van der Waals surface area contributed by atoms with Gasteiger partial charge in [-0.2, -0.15) is 0 Å². The van der Waals surface area contributed by atoms with E-state index in [1.165, 1.54) is 37.7 Å². The first-order chi connectivity index (χ1) is 13.7. The quantitative estimate of drug-likeness (QED) is 0.505. The number of ether oxygens (including phenoxy) is 1. The van der Waals surface area contributed by atoms with Gasteiger partial charge < -0.3 is 9.72 Å². The molecule has 0 amide bonds. The molecule has 3 aromatic rings. The molecule has 148 valence electrons. The van der Waals surface area contributed by atoms with Crippen LogP contribution >= 0.6 is 0 Å². The predicted molar refractivity (Wildman–Crippen MR) is 113 cm³/mol. The Bertz CT molecular complexity index is 911. The molecule has 1 heterocycles. The number of benzene rings is 2. The molecule has 5 nitrogen and oxygen atoms in total. The van der Waals surface area contributed by atoms with E-state index < -0.39 is 0 Å². The van der Waals surface area contributed by atoms with E-state index in [-0.39, 0.29) is 0 Å². The van der Waals surface area contributed by atoms with Crippen LogP contribution in [0.15, 0.2) is 36.4 Å². The highest BCUT2D eigenvalue weighted by Crippen LogP contribution is 2.35. The standard InChI is InChI=1S/C23H29N3O2/c1-3-27-22-14-20-19(24-23(25-20)18-7-5-4-6-8-18)13-21(22)26-28-15-17-11-9-16(2)10-12-17/h9-14,18,26H,3-8,15H2,1-2H3,(H,24,25). The first-order valence-corrected chi connectivity index (χ1v) is 10.3. The van der Waals surface area contributed by atoms with E-state index in [4.69, 9.17) is 14.6 Å². The van der Waals surface area contributed by atoms with Gasteiger partial charge in [0, 0.05) is 12.0 Å². The average Bonchev–Trinajstić information content (AvgIpc) is 3.13. The maximum absolute atomic E-state index is 5.82. The predicted octanol–water partition coefficient (Wildman–Crippen LogP) is 5.86. The van der Waals surface area contributed by atoms with Crippen molar-refractivity contribution in [2.24, 2.45) is 0 Å². The average molecular weight is 380 g/mol. The second kappa shape index (κ2) is 8.65. The van der Waals surface area contributed by atoms with Gasteiger partial charge in [0.25, 0.3) is 0 Å². The largest absolute Gasteiger partial charge is 0.492 e. The van der Waals surface area contributed by atoms with E-state index in [1.54, 1.807) is 0 Å². The van der Waals surface area contributed by atoms with Gasteiger partial charge in [-0.05, 0) is 38.3 Å². The molecule has 0 bridgehead atoms. The molecule has 5 heteroatoms. The van der Waals surface area contributed by atoms with Crippen molar-refractivity contribution in [3.8, 4) is 5.75 Å². The number of anilines is 1. The van der Waals surface area contributed by atoms with Crippen molar-refractivity contribution in [1.82, 2.24) is 9.97 Å². The Labute approximate surface area is 166 Å². The second-order valence-electron chi connectivity index (χ2n) is 7.63. The lowest BCUT2D eigenvalue weighted by Crippen LogP contribution is -2.05. The molecular formula is C23H29N3O2. The highest BCUT2D eigenvalue weighted by molar-refractivity contribution is 5.83. The van der Waals surface area contributed by atoms with Crippen LogP contribution in [0.1, 0.15) is 61.9 Å². The molecule has 0 spiro atoms. The second-order valence-corrected chi connectivity index (χ2v) is 7.63. The number of hydrogen-bond donors (Lipinski definition) is 2. The summed E-state index contributed by atoms with van der Waals surface area (Å²) in [4.78, 5) is 14.1. The zero-order valence-electron chi connectivity index (χ0n) is 16.8. The number of rotatable bonds is 7. The highest BCUT2D eigenvalue weighted by Gasteiger charge is 2.19. The summed E-state index contributed by atoms with van der Waals surface area (Å²) in [6, 6.07) is 12.4. The zero-order chi connectivity index (χ0) is 19.3. The van der Waals surface area contributed by atoms with Crippen LogP contribution in [0, 0.1) is 6.92 Å². The molecule has 1 aliphatic rings. The number of aryl methyl sites for hydroxylation is 1. The summed E-state index contributed by atoms with van der Waals surface area (Å²) in [6.45, 7) is 5.15. The van der Waals surface area contributed by atoms with Crippen molar-refractivity contribution in [2.75, 3.05) is 12.1 Å². The first kappa shape index (κ1) is 18.8. The molecule has 0 radical (unpaired) electrons. The Kier molecular flexibility index (Phi) is 5.81. The first-order valence-electron chi connectivity index (χ1n) is 10.3. The minimum absolute atomic E-state index is 0.486. The van der Waals surface area contributed by atoms with Gasteiger partial charge in [-0.15, -0.1) is 0 Å². The lowest BCUT2D eigenvalue weighted by molar-refractivity contribution is 0.178. The number of nitrogens with one attached hydrogen (secondary N) is 2. The summed E-state index contributed by atoms with van der Waals surface area (Å²) in [7, 11) is 0. The van der Waals surface area contributed by atoms with Gasteiger partial charge in [0.05, 0.1) is 24.2 Å². The molecule has 1 fully saturated rings. The number of nitrogens with zero attached hydrogens (tertiary/aromatic N) is 1. The monoisotopic (exact) mass is 379 g/mol. The Hall–Kier alpha value is -2.53. The van der Waals surface area contributed by atoms with Crippen LogP contribution in [0.4, 0.5) is 5.69 Å². The van der Waals surface area contributed by atoms with E-state index in [1.807, 2.05) is 19.1 Å². The molecule has 0 atom stereocenters. The molecule has 1 aliphatic carbocycles. The number of aromatic amines is 1. The molecule has 0 unspecified atom stereocenters. The molecule has 4 rings (SSSR count). The van der Waals surface area contributed by atoms with Crippen LogP contribution < -0.4 is 10.2 Å². The minimum atomic E-state index is 0.486. The van der Waals surface area contributed by atoms with E-state index in [0.717, 1.165) is 33.9 Å². The third-order valence-electron chi connectivity index (χ3n) is 5.43. The fourth-order valence-electron chi connectivity index (χ4n) is 3.86. The van der Waals surface area contributed by atoms with Crippen LogP contribution in [0.2, 0.25) is 0 Å². The molecule has 2 N–H and O–H groups in total. The highest BCUT2D eigenvalue weighted by atomic mass is 16.6. The van der Waals surface area contributed by atoms with Crippen LogP contribution in [0.25, 0.3) is 11.0 Å². The summed E-state index contributed by atoms with van der Waals surface area (Å²) >= 11 is 0. The molecular weight excluding hydrogens is 350 g/mol. The van der Waals surface area contributed by atoms with E-state index in [9.17, 15) is 0 Å². The number of aromatic nitrogens is 2. The maximum Gasteiger partial charge on any atom is 0.146 e. The molecule has 0 aliphatic heterocycles. The summed E-state index contributed by atoms with van der Waals surface area (Å²) < 4.78 is 5.82. The van der Waals surface area contributed by atoms with E-state index >= 15 is 0 Å². The topological polar surface area (TPSA) is 59.2 Å². The van der Waals surface area contributed by atoms with Crippen LogP contribution in [0.3, 0.4) is 0 Å². The Balaban J connectivity index is 1.51. The van der Waals surface area contributed by atoms with E-state index in [0.29, 0.717) is 19.1 Å². The smallest absolute Gasteiger partial charge is 0.146 e. The van der Waals surface area contributed by atoms with Crippen molar-refractivity contribution in [1.29, 1.82) is 0 Å². The van der Waals surface area contributed by atoms with Gasteiger partial charge in [-0.3, -0.25) is 10.3 Å².